The molecular formula is C9H11ClO4. The van der Waals surface area contributed by atoms with Gasteiger partial charge in [0.15, 0.2) is 0 Å². The Morgan fingerprint density at radius 1 is 1.36 bits per heavy atom. The molecule has 0 N–H and O–H groups in total. The topological polar surface area (TPSA) is 51.4 Å². The van der Waals surface area contributed by atoms with Crippen LogP contribution >= 0.6 is 11.6 Å². The molecular weight excluding hydrogens is 208 g/mol. The minimum Gasteiger partial charge on any atom is -0.461 e. The van der Waals surface area contributed by atoms with Gasteiger partial charge >= 0.3 is 5.97 Å². The van der Waals surface area contributed by atoms with E-state index in [0.717, 1.165) is 0 Å². The third kappa shape index (κ3) is 1.33. The molecule has 0 amide bonds. The van der Waals surface area contributed by atoms with Crippen LogP contribution in [0.5, 0.6) is 0 Å². The fraction of sp³-hybridized carbons (Fsp3) is 0.889. The van der Waals surface area contributed by atoms with Crippen molar-refractivity contribution in [2.75, 3.05) is 0 Å². The molecule has 4 nitrogen and oxygen atoms in total. The van der Waals surface area contributed by atoms with E-state index in [2.05, 4.69) is 0 Å². The summed E-state index contributed by atoms with van der Waals surface area (Å²) in [5.74, 6) is -0.294. The van der Waals surface area contributed by atoms with Gasteiger partial charge in [0.1, 0.15) is 24.4 Å². The van der Waals surface area contributed by atoms with Crippen LogP contribution in [0.15, 0.2) is 0 Å². The van der Waals surface area contributed by atoms with Crippen LogP contribution < -0.4 is 0 Å². The first-order valence-corrected chi connectivity index (χ1v) is 5.22. The smallest absolute Gasteiger partial charge is 0.302 e. The maximum absolute atomic E-state index is 10.8. The summed E-state index contributed by atoms with van der Waals surface area (Å²) in [6.45, 7) is 1.39. The first kappa shape index (κ1) is 8.95. The molecule has 5 heteroatoms. The van der Waals surface area contributed by atoms with Gasteiger partial charge in [0.2, 0.25) is 0 Å². The summed E-state index contributed by atoms with van der Waals surface area (Å²) in [6.07, 6.45) is 0.970. The molecule has 0 aromatic heterocycles. The molecule has 2 aliphatic heterocycles. The molecule has 3 aliphatic rings. The Hall–Kier alpha value is -0.320. The number of esters is 1. The van der Waals surface area contributed by atoms with Crippen molar-refractivity contribution in [1.82, 2.24) is 0 Å². The first-order chi connectivity index (χ1) is 6.66. The largest absolute Gasteiger partial charge is 0.461 e. The minimum absolute atomic E-state index is 0.0125. The van der Waals surface area contributed by atoms with Crippen LogP contribution in [0.1, 0.15) is 13.3 Å². The van der Waals surface area contributed by atoms with Crippen molar-refractivity contribution in [3.63, 3.8) is 0 Å². The third-order valence-electron chi connectivity index (χ3n) is 2.96. The highest BCUT2D eigenvalue weighted by Crippen LogP contribution is 2.48. The van der Waals surface area contributed by atoms with E-state index in [1.54, 1.807) is 0 Å². The van der Waals surface area contributed by atoms with Gasteiger partial charge in [0, 0.05) is 13.3 Å². The van der Waals surface area contributed by atoms with Crippen LogP contribution in [0.2, 0.25) is 0 Å². The fourth-order valence-corrected chi connectivity index (χ4v) is 2.55. The van der Waals surface area contributed by atoms with Gasteiger partial charge in [0.25, 0.3) is 0 Å². The summed E-state index contributed by atoms with van der Waals surface area (Å²) in [5, 5.41) is -0.222. The molecule has 0 aromatic carbocycles. The highest BCUT2D eigenvalue weighted by atomic mass is 35.5. The molecule has 14 heavy (non-hydrogen) atoms. The van der Waals surface area contributed by atoms with Crippen molar-refractivity contribution in [3.05, 3.63) is 0 Å². The van der Waals surface area contributed by atoms with Crippen LogP contribution in [0, 0.1) is 0 Å². The number of hydrogen-bond acceptors (Lipinski definition) is 4. The van der Waals surface area contributed by atoms with Crippen molar-refractivity contribution < 1.29 is 19.0 Å². The predicted octanol–water partition coefficient (Wildman–Crippen LogP) is 0.464. The summed E-state index contributed by atoms with van der Waals surface area (Å²) in [7, 11) is 0. The highest BCUT2D eigenvalue weighted by Gasteiger charge is 2.64. The van der Waals surface area contributed by atoms with Crippen LogP contribution in [-0.2, 0) is 19.0 Å². The quantitative estimate of drug-likeness (QED) is 0.365. The number of hydrogen-bond donors (Lipinski definition) is 0. The molecule has 3 rings (SSSR count). The molecule has 0 spiro atoms. The van der Waals surface area contributed by atoms with E-state index in [1.807, 2.05) is 0 Å². The Morgan fingerprint density at radius 2 is 2.14 bits per heavy atom. The lowest BCUT2D eigenvalue weighted by Crippen LogP contribution is -2.31. The van der Waals surface area contributed by atoms with Crippen molar-refractivity contribution in [1.29, 1.82) is 0 Å². The second kappa shape index (κ2) is 2.84. The summed E-state index contributed by atoms with van der Waals surface area (Å²) in [5.41, 5.74) is 0. The highest BCUT2D eigenvalue weighted by molar-refractivity contribution is 6.21. The average Bonchev–Trinajstić information content (AvgIpc) is 2.91. The van der Waals surface area contributed by atoms with Crippen LogP contribution in [0.3, 0.4) is 0 Å². The van der Waals surface area contributed by atoms with Gasteiger partial charge in [-0.2, -0.15) is 0 Å². The zero-order valence-electron chi connectivity index (χ0n) is 7.68. The summed E-state index contributed by atoms with van der Waals surface area (Å²) >= 11 is 6.15. The van der Waals surface area contributed by atoms with Crippen molar-refractivity contribution in [3.8, 4) is 0 Å². The molecule has 2 saturated heterocycles. The normalized spacial score (nSPS) is 53.9. The molecule has 0 unspecified atom stereocenters. The lowest BCUT2D eigenvalue weighted by atomic mass is 10.1. The van der Waals surface area contributed by atoms with Crippen LogP contribution in [-0.4, -0.2) is 41.9 Å². The van der Waals surface area contributed by atoms with E-state index in [9.17, 15) is 4.79 Å². The maximum Gasteiger partial charge on any atom is 0.302 e. The van der Waals surface area contributed by atoms with Gasteiger partial charge in [-0.3, -0.25) is 4.79 Å². The summed E-state index contributed by atoms with van der Waals surface area (Å²) in [4.78, 5) is 10.8. The molecule has 2 heterocycles. The Morgan fingerprint density at radius 3 is 2.86 bits per heavy atom. The molecule has 0 aromatic rings. The van der Waals surface area contributed by atoms with Crippen LogP contribution in [0.4, 0.5) is 0 Å². The van der Waals surface area contributed by atoms with E-state index in [4.69, 9.17) is 25.8 Å². The zero-order valence-corrected chi connectivity index (χ0v) is 8.44. The van der Waals surface area contributed by atoms with Crippen molar-refractivity contribution in [2.24, 2.45) is 0 Å². The van der Waals surface area contributed by atoms with Gasteiger partial charge < -0.3 is 14.2 Å². The van der Waals surface area contributed by atoms with Gasteiger partial charge in [-0.1, -0.05) is 0 Å². The van der Waals surface area contributed by atoms with Crippen molar-refractivity contribution in [2.45, 2.75) is 49.2 Å². The number of rotatable bonds is 1. The Labute approximate surface area is 86.4 Å². The van der Waals surface area contributed by atoms with Crippen LogP contribution in [0.25, 0.3) is 0 Å². The Kier molecular flexibility index (Phi) is 1.81. The summed E-state index contributed by atoms with van der Waals surface area (Å²) < 4.78 is 15.9. The molecule has 78 valence electrons. The number of ether oxygens (including phenoxy) is 3. The number of carbonyl (C=O) groups excluding carboxylic acids is 1. The zero-order chi connectivity index (χ0) is 9.87. The second-order valence-electron chi connectivity index (χ2n) is 4.03. The van der Waals surface area contributed by atoms with Gasteiger partial charge in [-0.05, 0) is 0 Å². The fourth-order valence-electron chi connectivity index (χ4n) is 2.19. The first-order valence-electron chi connectivity index (χ1n) is 4.79. The predicted molar refractivity (Wildman–Crippen MR) is 47.1 cm³/mol. The molecule has 1 saturated carbocycles. The SMILES string of the molecule is CC(=O)O[C@H]1C[C@H]2O[C@H]2[C@H]2O[C@H]2[C@@H]1Cl. The Balaban J connectivity index is 1.73. The van der Waals surface area contributed by atoms with Gasteiger partial charge in [-0.25, -0.2) is 0 Å². The number of halogens is 1. The standard InChI is InChI=1S/C9H11ClO4/c1-3(11)12-4-2-5-7(13-5)9-8(14-9)6(4)10/h4-9H,2H2,1H3/t4-,5+,6+,7+,8-,9+/m0/s1. The summed E-state index contributed by atoms with van der Waals surface area (Å²) in [6, 6.07) is 0. The molecule has 0 bridgehead atoms. The van der Waals surface area contributed by atoms with E-state index >= 15 is 0 Å². The third-order valence-corrected chi connectivity index (χ3v) is 3.49. The molecule has 0 radical (unpaired) electrons. The van der Waals surface area contributed by atoms with E-state index in [-0.39, 0.29) is 41.9 Å². The van der Waals surface area contributed by atoms with E-state index < -0.39 is 0 Å². The molecule has 1 aliphatic carbocycles. The lowest BCUT2D eigenvalue weighted by molar-refractivity contribution is -0.147. The number of epoxide rings is 2. The average molecular weight is 219 g/mol. The van der Waals surface area contributed by atoms with Crippen molar-refractivity contribution >= 4 is 17.6 Å². The number of fused-ring (bicyclic) bond motifs is 3. The lowest BCUT2D eigenvalue weighted by Gasteiger charge is -2.19. The maximum atomic E-state index is 10.8. The Bertz CT molecular complexity index is 282. The monoisotopic (exact) mass is 218 g/mol. The van der Waals surface area contributed by atoms with Gasteiger partial charge in [0.05, 0.1) is 11.5 Å². The number of carbonyl (C=O) groups is 1. The van der Waals surface area contributed by atoms with E-state index in [1.165, 1.54) is 6.92 Å². The second-order valence-corrected chi connectivity index (χ2v) is 4.54. The van der Waals surface area contributed by atoms with E-state index in [0.29, 0.717) is 6.42 Å². The van der Waals surface area contributed by atoms with Gasteiger partial charge in [-0.15, -0.1) is 11.6 Å². The number of alkyl halides is 1. The molecule has 3 fully saturated rings. The minimum atomic E-state index is -0.294. The molecule has 6 atom stereocenters.